The third-order valence-corrected chi connectivity index (χ3v) is 4.44. The van der Waals surface area contributed by atoms with Crippen LogP contribution in [0.15, 0.2) is 54.6 Å². The van der Waals surface area contributed by atoms with Gasteiger partial charge in [-0.3, -0.25) is 4.68 Å². The molecule has 0 aliphatic carbocycles. The van der Waals surface area contributed by atoms with Gasteiger partial charge in [-0.1, -0.05) is 18.2 Å². The third-order valence-electron chi connectivity index (χ3n) is 4.44. The molecule has 0 amide bonds. The molecule has 0 aliphatic heterocycles. The lowest BCUT2D eigenvalue weighted by Crippen LogP contribution is -2.09. The Morgan fingerprint density at radius 3 is 2.67 bits per heavy atom. The van der Waals surface area contributed by atoms with Crippen LogP contribution in [0.1, 0.15) is 21.9 Å². The van der Waals surface area contributed by atoms with Gasteiger partial charge in [-0.25, -0.2) is 9.31 Å². The highest BCUT2D eigenvalue weighted by Crippen LogP contribution is 2.24. The zero-order valence-corrected chi connectivity index (χ0v) is 15.0. The highest BCUT2D eigenvalue weighted by atomic mass is 16.5. The maximum atomic E-state index is 11.1. The summed E-state index contributed by atoms with van der Waals surface area (Å²) >= 11 is 0. The van der Waals surface area contributed by atoms with E-state index in [1.54, 1.807) is 17.9 Å². The minimum absolute atomic E-state index is 0.0391. The normalized spacial score (nSPS) is 11.0. The molecule has 1 N–H and O–H groups in total. The topological polar surface area (TPSA) is 81.7 Å². The fourth-order valence-electron chi connectivity index (χ4n) is 3.04. The number of ether oxygens (including phenoxy) is 1. The van der Waals surface area contributed by atoms with E-state index in [4.69, 9.17) is 14.9 Å². The van der Waals surface area contributed by atoms with Gasteiger partial charge in [0, 0.05) is 11.3 Å². The smallest absolute Gasteiger partial charge is 0.356 e. The Morgan fingerprint density at radius 1 is 1.11 bits per heavy atom. The second-order valence-electron chi connectivity index (χ2n) is 6.25. The van der Waals surface area contributed by atoms with E-state index in [0.717, 1.165) is 33.9 Å². The van der Waals surface area contributed by atoms with E-state index >= 15 is 0 Å². The third kappa shape index (κ3) is 3.15. The van der Waals surface area contributed by atoms with Gasteiger partial charge in [0.1, 0.15) is 5.75 Å². The molecule has 4 rings (SSSR count). The second kappa shape index (κ2) is 6.60. The lowest BCUT2D eigenvalue weighted by molar-refractivity contribution is 0.0689. The van der Waals surface area contributed by atoms with Crippen LogP contribution in [-0.4, -0.2) is 37.6 Å². The average molecular weight is 362 g/mol. The molecule has 0 saturated carbocycles. The Kier molecular flexibility index (Phi) is 4.12. The minimum atomic E-state index is -1.03. The van der Waals surface area contributed by atoms with Crippen LogP contribution in [0.5, 0.6) is 5.75 Å². The van der Waals surface area contributed by atoms with Crippen LogP contribution in [0, 0.1) is 6.92 Å². The maximum absolute atomic E-state index is 11.1. The summed E-state index contributed by atoms with van der Waals surface area (Å²) in [6.07, 6.45) is 0. The summed E-state index contributed by atoms with van der Waals surface area (Å²) in [6.45, 7) is 2.26. The number of carbonyl (C=O) groups is 1. The first-order valence-corrected chi connectivity index (χ1v) is 8.45. The molecule has 0 bridgehead atoms. The number of rotatable bonds is 5. The summed E-state index contributed by atoms with van der Waals surface area (Å²) < 4.78 is 8.82. The molecule has 136 valence electrons. The van der Waals surface area contributed by atoms with Crippen molar-refractivity contribution in [2.75, 3.05) is 7.11 Å². The molecule has 0 fully saturated rings. The van der Waals surface area contributed by atoms with Gasteiger partial charge in [0.05, 0.1) is 30.6 Å². The first-order valence-electron chi connectivity index (χ1n) is 8.45. The van der Waals surface area contributed by atoms with Gasteiger partial charge in [0.15, 0.2) is 5.69 Å². The molecule has 0 saturated heterocycles. The van der Waals surface area contributed by atoms with E-state index in [1.165, 1.54) is 0 Å². The quantitative estimate of drug-likeness (QED) is 0.589. The van der Waals surface area contributed by atoms with Gasteiger partial charge >= 0.3 is 5.97 Å². The van der Waals surface area contributed by atoms with Gasteiger partial charge in [-0.05, 0) is 43.3 Å². The van der Waals surface area contributed by atoms with Crippen molar-refractivity contribution in [3.05, 3.63) is 71.7 Å². The van der Waals surface area contributed by atoms with E-state index in [-0.39, 0.29) is 5.69 Å². The predicted molar refractivity (Wildman–Crippen MR) is 100 cm³/mol. The van der Waals surface area contributed by atoms with E-state index in [1.807, 2.05) is 60.0 Å². The number of aromatic carboxylic acids is 1. The standard InChI is InChI=1S/C20H18N4O3/c1-13-9-19(20(25)26)21-23(13)12-16-7-4-6-15-11-18(22-24(15)16)14-5-3-8-17(10-14)27-2/h3-11H,12H2,1-2H3,(H,25,26). The summed E-state index contributed by atoms with van der Waals surface area (Å²) in [5, 5.41) is 18.0. The number of pyridine rings is 1. The van der Waals surface area contributed by atoms with Gasteiger partial charge < -0.3 is 9.84 Å². The van der Waals surface area contributed by atoms with Crippen molar-refractivity contribution in [1.29, 1.82) is 0 Å². The highest BCUT2D eigenvalue weighted by Gasteiger charge is 2.13. The summed E-state index contributed by atoms with van der Waals surface area (Å²) in [7, 11) is 1.64. The largest absolute Gasteiger partial charge is 0.497 e. The van der Waals surface area contributed by atoms with Crippen molar-refractivity contribution >= 4 is 11.5 Å². The lowest BCUT2D eigenvalue weighted by atomic mass is 10.1. The maximum Gasteiger partial charge on any atom is 0.356 e. The number of hydrogen-bond acceptors (Lipinski definition) is 4. The number of aromatic nitrogens is 4. The molecule has 0 atom stereocenters. The SMILES string of the molecule is COc1cccc(-c2cc3cccc(Cn4nc(C(=O)O)cc4C)n3n2)c1. The van der Waals surface area contributed by atoms with Crippen LogP contribution in [-0.2, 0) is 6.54 Å². The fraction of sp³-hybridized carbons (Fsp3) is 0.150. The second-order valence-corrected chi connectivity index (χ2v) is 6.25. The Morgan fingerprint density at radius 2 is 1.93 bits per heavy atom. The monoisotopic (exact) mass is 362 g/mol. The number of hydrogen-bond donors (Lipinski definition) is 1. The van der Waals surface area contributed by atoms with Crippen LogP contribution < -0.4 is 4.74 Å². The van der Waals surface area contributed by atoms with Crippen LogP contribution in [0.4, 0.5) is 0 Å². The van der Waals surface area contributed by atoms with Crippen molar-refractivity contribution in [2.45, 2.75) is 13.5 Å². The molecular formula is C20H18N4O3. The molecule has 7 nitrogen and oxygen atoms in total. The molecule has 4 aromatic rings. The van der Waals surface area contributed by atoms with E-state index in [9.17, 15) is 4.79 Å². The molecule has 0 spiro atoms. The van der Waals surface area contributed by atoms with Gasteiger partial charge in [-0.2, -0.15) is 10.2 Å². The number of methoxy groups -OCH3 is 1. The van der Waals surface area contributed by atoms with Crippen LogP contribution in [0.3, 0.4) is 0 Å². The molecule has 0 unspecified atom stereocenters. The zero-order chi connectivity index (χ0) is 19.0. The van der Waals surface area contributed by atoms with Gasteiger partial charge in [0.25, 0.3) is 0 Å². The Balaban J connectivity index is 1.74. The van der Waals surface area contributed by atoms with E-state index in [0.29, 0.717) is 6.54 Å². The van der Waals surface area contributed by atoms with Gasteiger partial charge in [0.2, 0.25) is 0 Å². The van der Waals surface area contributed by atoms with Crippen LogP contribution >= 0.6 is 0 Å². The Bertz CT molecular complexity index is 1140. The molecule has 27 heavy (non-hydrogen) atoms. The van der Waals surface area contributed by atoms with E-state index < -0.39 is 5.97 Å². The van der Waals surface area contributed by atoms with Crippen molar-refractivity contribution in [2.24, 2.45) is 0 Å². The Labute approximate surface area is 155 Å². The number of aryl methyl sites for hydroxylation is 1. The Hall–Kier alpha value is -3.61. The van der Waals surface area contributed by atoms with Gasteiger partial charge in [-0.15, -0.1) is 0 Å². The van der Waals surface area contributed by atoms with Crippen molar-refractivity contribution in [3.8, 4) is 17.0 Å². The number of carboxylic acid groups (broad SMARTS) is 1. The molecule has 0 aliphatic rings. The van der Waals surface area contributed by atoms with Crippen molar-refractivity contribution < 1.29 is 14.6 Å². The van der Waals surface area contributed by atoms with Crippen LogP contribution in [0.2, 0.25) is 0 Å². The zero-order valence-electron chi connectivity index (χ0n) is 15.0. The lowest BCUT2D eigenvalue weighted by Gasteiger charge is -2.07. The summed E-state index contributed by atoms with van der Waals surface area (Å²) in [5.41, 5.74) is 4.48. The molecule has 1 aromatic carbocycles. The molecular weight excluding hydrogens is 344 g/mol. The first kappa shape index (κ1) is 16.8. The summed E-state index contributed by atoms with van der Waals surface area (Å²) in [5.74, 6) is -0.257. The fourth-order valence-corrected chi connectivity index (χ4v) is 3.04. The van der Waals surface area contributed by atoms with Crippen molar-refractivity contribution in [1.82, 2.24) is 19.4 Å². The van der Waals surface area contributed by atoms with Crippen LogP contribution in [0.25, 0.3) is 16.8 Å². The summed E-state index contributed by atoms with van der Waals surface area (Å²) in [6, 6.07) is 17.2. The minimum Gasteiger partial charge on any atom is -0.497 e. The molecule has 3 aromatic heterocycles. The average Bonchev–Trinajstić information content (AvgIpc) is 3.26. The highest BCUT2D eigenvalue weighted by molar-refractivity contribution is 5.85. The summed E-state index contributed by atoms with van der Waals surface area (Å²) in [4.78, 5) is 11.1. The first-order chi connectivity index (χ1) is 13.0. The molecule has 3 heterocycles. The predicted octanol–water partition coefficient (Wildman–Crippen LogP) is 3.26. The number of fused-ring (bicyclic) bond motifs is 1. The number of carboxylic acids is 1. The van der Waals surface area contributed by atoms with Crippen molar-refractivity contribution in [3.63, 3.8) is 0 Å². The number of nitrogens with zero attached hydrogens (tertiary/aromatic N) is 4. The van der Waals surface area contributed by atoms with E-state index in [2.05, 4.69) is 5.10 Å². The number of benzene rings is 1. The molecule has 0 radical (unpaired) electrons. The molecule has 7 heteroatoms.